The molecule has 1 amide bonds. The van der Waals surface area contributed by atoms with Gasteiger partial charge in [0.15, 0.2) is 0 Å². The van der Waals surface area contributed by atoms with Crippen LogP contribution in [0, 0.1) is 0 Å². The molecule has 2 heterocycles. The van der Waals surface area contributed by atoms with Crippen LogP contribution < -0.4 is 10.2 Å². The lowest BCUT2D eigenvalue weighted by atomic mass is 10.2. The predicted octanol–water partition coefficient (Wildman–Crippen LogP) is 1.76. The van der Waals surface area contributed by atoms with E-state index in [2.05, 4.69) is 15.2 Å². The molecule has 0 atom stereocenters. The monoisotopic (exact) mass is 309 g/mol. The smallest absolute Gasteiger partial charge is 0.413 e. The second-order valence-electron chi connectivity index (χ2n) is 6.10. The maximum absolute atomic E-state index is 11.8. The fourth-order valence-corrected chi connectivity index (χ4v) is 2.09. The highest BCUT2D eigenvalue weighted by atomic mass is 16.6. The summed E-state index contributed by atoms with van der Waals surface area (Å²) in [6.45, 7) is 8.00. The molecule has 0 bridgehead atoms. The van der Waals surface area contributed by atoms with Gasteiger partial charge in [-0.05, 0) is 38.5 Å². The Kier molecular flexibility index (Phi) is 5.20. The summed E-state index contributed by atoms with van der Waals surface area (Å²) >= 11 is 0. The van der Waals surface area contributed by atoms with Gasteiger partial charge in [-0.3, -0.25) is 5.32 Å². The Bertz CT molecular complexity index is 522. The summed E-state index contributed by atoms with van der Waals surface area (Å²) in [5, 5.41) is 12.0. The van der Waals surface area contributed by atoms with Crippen LogP contribution in [-0.2, 0) is 16.1 Å². The summed E-state index contributed by atoms with van der Waals surface area (Å²) in [4.78, 5) is 18.3. The van der Waals surface area contributed by atoms with Crippen molar-refractivity contribution in [3.8, 4) is 0 Å². The lowest BCUT2D eigenvalue weighted by molar-refractivity contribution is 0.0635. The molecule has 0 aliphatic carbocycles. The van der Waals surface area contributed by atoms with Gasteiger partial charge < -0.3 is 19.5 Å². The molecule has 1 aromatic rings. The highest BCUT2D eigenvalue weighted by molar-refractivity contribution is 5.84. The average molecular weight is 309 g/mol. The molecule has 1 aromatic heterocycles. The van der Waals surface area contributed by atoms with Gasteiger partial charge in [0.05, 0.1) is 19.8 Å². The Morgan fingerprint density at radius 1 is 1.41 bits per heavy atom. The van der Waals surface area contributed by atoms with Crippen molar-refractivity contribution in [3.63, 3.8) is 0 Å². The summed E-state index contributed by atoms with van der Waals surface area (Å²) in [6, 6.07) is 3.44. The molecule has 22 heavy (non-hydrogen) atoms. The summed E-state index contributed by atoms with van der Waals surface area (Å²) in [5.74, 6) is 1.07. The van der Waals surface area contributed by atoms with Gasteiger partial charge in [-0.2, -0.15) is 0 Å². The molecule has 2 rings (SSSR count). The van der Waals surface area contributed by atoms with Crippen LogP contribution in [0.1, 0.15) is 26.3 Å². The lowest BCUT2D eigenvalue weighted by Crippen LogP contribution is -2.37. The minimum absolute atomic E-state index is 0.122. The van der Waals surface area contributed by atoms with Crippen LogP contribution in [0.2, 0.25) is 0 Å². The number of nitrogens with one attached hydrogen (secondary N) is 1. The third kappa shape index (κ3) is 4.85. The number of aliphatic hydroxyl groups is 1. The van der Waals surface area contributed by atoms with Gasteiger partial charge in [-0.15, -0.1) is 0 Å². The number of rotatable bonds is 3. The number of aromatic nitrogens is 1. The van der Waals surface area contributed by atoms with Crippen LogP contribution in [0.25, 0.3) is 0 Å². The van der Waals surface area contributed by atoms with E-state index in [0.717, 1.165) is 13.1 Å². The van der Waals surface area contributed by atoms with Crippen LogP contribution in [0.4, 0.5) is 16.4 Å². The molecule has 0 radical (unpaired) electrons. The number of nitrogens with zero attached hydrogens (tertiary/aromatic N) is 2. The van der Waals surface area contributed by atoms with Crippen molar-refractivity contribution in [2.24, 2.45) is 0 Å². The summed E-state index contributed by atoms with van der Waals surface area (Å²) in [5.41, 5.74) is 0.105. The van der Waals surface area contributed by atoms with E-state index in [1.165, 1.54) is 0 Å². The van der Waals surface area contributed by atoms with Crippen molar-refractivity contribution >= 4 is 17.7 Å². The normalized spacial score (nSPS) is 15.5. The molecule has 1 aliphatic rings. The number of aliphatic hydroxyl groups excluding tert-OH is 1. The highest BCUT2D eigenvalue weighted by Gasteiger charge is 2.18. The molecule has 0 unspecified atom stereocenters. The number of anilines is 2. The Hall–Kier alpha value is -1.86. The van der Waals surface area contributed by atoms with E-state index in [9.17, 15) is 9.90 Å². The van der Waals surface area contributed by atoms with E-state index in [1.807, 2.05) is 6.07 Å². The van der Waals surface area contributed by atoms with E-state index in [4.69, 9.17) is 9.47 Å². The zero-order valence-electron chi connectivity index (χ0n) is 13.3. The second-order valence-corrected chi connectivity index (χ2v) is 6.10. The van der Waals surface area contributed by atoms with E-state index in [0.29, 0.717) is 30.4 Å². The molecule has 1 fully saturated rings. The number of carbonyl (C=O) groups excluding carboxylic acids is 1. The highest BCUT2D eigenvalue weighted by Crippen LogP contribution is 2.20. The molecule has 0 spiro atoms. The summed E-state index contributed by atoms with van der Waals surface area (Å²) in [6.07, 6.45) is -0.567. The predicted molar refractivity (Wildman–Crippen MR) is 83.0 cm³/mol. The molecule has 7 nitrogen and oxygen atoms in total. The maximum Gasteiger partial charge on any atom is 0.413 e. The van der Waals surface area contributed by atoms with Gasteiger partial charge in [0.1, 0.15) is 17.2 Å². The van der Waals surface area contributed by atoms with Gasteiger partial charge in [-0.1, -0.05) is 0 Å². The van der Waals surface area contributed by atoms with Crippen LogP contribution in [0.3, 0.4) is 0 Å². The number of hydrogen-bond acceptors (Lipinski definition) is 6. The van der Waals surface area contributed by atoms with E-state index < -0.39 is 11.7 Å². The van der Waals surface area contributed by atoms with Gasteiger partial charge in [-0.25, -0.2) is 9.78 Å². The third-order valence-electron chi connectivity index (χ3n) is 3.02. The molecule has 122 valence electrons. The van der Waals surface area contributed by atoms with Crippen LogP contribution in [0.5, 0.6) is 0 Å². The quantitative estimate of drug-likeness (QED) is 0.885. The van der Waals surface area contributed by atoms with Crippen molar-refractivity contribution in [1.82, 2.24) is 4.98 Å². The van der Waals surface area contributed by atoms with Crippen molar-refractivity contribution in [2.75, 3.05) is 36.5 Å². The number of hydrogen-bond donors (Lipinski definition) is 2. The molecule has 1 saturated heterocycles. The number of carbonyl (C=O) groups is 1. The minimum atomic E-state index is -0.578. The van der Waals surface area contributed by atoms with Crippen molar-refractivity contribution in [2.45, 2.75) is 33.0 Å². The van der Waals surface area contributed by atoms with Gasteiger partial charge in [0.25, 0.3) is 0 Å². The van der Waals surface area contributed by atoms with Gasteiger partial charge in [0, 0.05) is 13.1 Å². The fourth-order valence-electron chi connectivity index (χ4n) is 2.09. The van der Waals surface area contributed by atoms with Gasteiger partial charge >= 0.3 is 6.09 Å². The Morgan fingerprint density at radius 3 is 2.68 bits per heavy atom. The fraction of sp³-hybridized carbons (Fsp3) is 0.600. The molecular formula is C15H23N3O4. The Morgan fingerprint density at radius 2 is 2.09 bits per heavy atom. The average Bonchev–Trinajstić information content (AvgIpc) is 2.45. The maximum atomic E-state index is 11.8. The molecule has 1 aliphatic heterocycles. The first-order valence-electron chi connectivity index (χ1n) is 7.32. The third-order valence-corrected chi connectivity index (χ3v) is 3.02. The Labute approximate surface area is 130 Å². The van der Waals surface area contributed by atoms with Crippen LogP contribution in [-0.4, -0.2) is 48.1 Å². The van der Waals surface area contributed by atoms with E-state index in [1.54, 1.807) is 26.8 Å². The van der Waals surface area contributed by atoms with Crippen molar-refractivity contribution in [1.29, 1.82) is 0 Å². The first-order valence-corrected chi connectivity index (χ1v) is 7.32. The number of pyridine rings is 1. The summed E-state index contributed by atoms with van der Waals surface area (Å²) < 4.78 is 10.5. The lowest BCUT2D eigenvalue weighted by Gasteiger charge is -2.28. The molecule has 0 aromatic carbocycles. The van der Waals surface area contributed by atoms with E-state index in [-0.39, 0.29) is 6.61 Å². The topological polar surface area (TPSA) is 83.9 Å². The second kappa shape index (κ2) is 6.93. The first kappa shape index (κ1) is 16.5. The zero-order chi connectivity index (χ0) is 16.2. The van der Waals surface area contributed by atoms with Crippen LogP contribution in [0.15, 0.2) is 12.1 Å². The standard InChI is InChI=1S/C15H23N3O4/c1-15(2,3)22-14(20)17-12-8-11(10-19)9-13(16-12)18-4-6-21-7-5-18/h8-9,19H,4-7,10H2,1-3H3,(H,16,17,20). The first-order chi connectivity index (χ1) is 10.4. The minimum Gasteiger partial charge on any atom is -0.444 e. The van der Waals surface area contributed by atoms with E-state index >= 15 is 0 Å². The number of morpholine rings is 1. The molecule has 7 heteroatoms. The molecule has 2 N–H and O–H groups in total. The van der Waals surface area contributed by atoms with Gasteiger partial charge in [0.2, 0.25) is 0 Å². The van der Waals surface area contributed by atoms with Crippen molar-refractivity contribution in [3.05, 3.63) is 17.7 Å². The largest absolute Gasteiger partial charge is 0.444 e. The Balaban J connectivity index is 2.14. The summed E-state index contributed by atoms with van der Waals surface area (Å²) in [7, 11) is 0. The SMILES string of the molecule is CC(C)(C)OC(=O)Nc1cc(CO)cc(N2CCOCC2)n1. The van der Waals surface area contributed by atoms with Crippen molar-refractivity contribution < 1.29 is 19.4 Å². The number of ether oxygens (including phenoxy) is 2. The zero-order valence-corrected chi connectivity index (χ0v) is 13.3. The molecule has 0 saturated carbocycles. The molecular weight excluding hydrogens is 286 g/mol. The number of amides is 1. The van der Waals surface area contributed by atoms with Crippen LogP contribution >= 0.6 is 0 Å².